The maximum absolute atomic E-state index is 3.36. The predicted molar refractivity (Wildman–Crippen MR) is 61.3 cm³/mol. The molecular weight excluding hydrogens is 184 g/mol. The first-order valence-electron chi connectivity index (χ1n) is 5.67. The van der Waals surface area contributed by atoms with E-state index in [1.165, 1.54) is 18.5 Å². The molecule has 0 saturated heterocycles. The van der Waals surface area contributed by atoms with Crippen molar-refractivity contribution >= 4 is 0 Å². The molecule has 2 nitrogen and oxygen atoms in total. The molecular formula is C13H16N2. The molecule has 1 heterocycles. The van der Waals surface area contributed by atoms with Crippen LogP contribution < -0.4 is 10.6 Å². The van der Waals surface area contributed by atoms with Crippen molar-refractivity contribution in [1.82, 2.24) is 10.6 Å². The molecule has 2 N–H and O–H groups in total. The number of nitrogens with one attached hydrogen (secondary N) is 2. The van der Waals surface area contributed by atoms with Crippen LogP contribution in [0.4, 0.5) is 0 Å². The maximum atomic E-state index is 3.36. The van der Waals surface area contributed by atoms with Gasteiger partial charge in [-0.25, -0.2) is 0 Å². The van der Waals surface area contributed by atoms with Gasteiger partial charge in [0.05, 0.1) is 6.67 Å². The minimum absolute atomic E-state index is 0.722. The minimum Gasteiger partial charge on any atom is -0.372 e. The number of fused-ring (bicyclic) bond motifs is 1. The van der Waals surface area contributed by atoms with Crippen molar-refractivity contribution in [3.8, 4) is 0 Å². The summed E-state index contributed by atoms with van der Waals surface area (Å²) in [7, 11) is 0. The Bertz CT molecular complexity index is 395. The average molecular weight is 200 g/mol. The SMILES string of the molecule is C1=C(C[C@@H]2CCc3ccccc32)NCN1. The number of hydrogen-bond donors (Lipinski definition) is 2. The molecule has 3 rings (SSSR count). The summed E-state index contributed by atoms with van der Waals surface area (Å²) in [4.78, 5) is 0. The molecule has 78 valence electrons. The van der Waals surface area contributed by atoms with Crippen LogP contribution in [0.5, 0.6) is 0 Å². The van der Waals surface area contributed by atoms with Gasteiger partial charge in [-0.3, -0.25) is 0 Å². The van der Waals surface area contributed by atoms with Gasteiger partial charge in [0.1, 0.15) is 0 Å². The minimum atomic E-state index is 0.722. The fourth-order valence-electron chi connectivity index (χ4n) is 2.64. The van der Waals surface area contributed by atoms with Gasteiger partial charge in [-0.05, 0) is 36.3 Å². The van der Waals surface area contributed by atoms with Crippen LogP contribution >= 0.6 is 0 Å². The zero-order chi connectivity index (χ0) is 10.1. The van der Waals surface area contributed by atoms with Crippen molar-refractivity contribution in [3.05, 3.63) is 47.3 Å². The Labute approximate surface area is 90.4 Å². The molecule has 0 spiro atoms. The molecule has 1 atom stereocenters. The molecule has 0 aromatic heterocycles. The third-order valence-electron chi connectivity index (χ3n) is 3.42. The summed E-state index contributed by atoms with van der Waals surface area (Å²) in [5.41, 5.74) is 4.47. The van der Waals surface area contributed by atoms with Gasteiger partial charge in [0.2, 0.25) is 0 Å². The van der Waals surface area contributed by atoms with Crippen LogP contribution in [0.1, 0.15) is 29.9 Å². The molecule has 0 saturated carbocycles. The molecule has 15 heavy (non-hydrogen) atoms. The van der Waals surface area contributed by atoms with E-state index < -0.39 is 0 Å². The van der Waals surface area contributed by atoms with E-state index >= 15 is 0 Å². The Morgan fingerprint density at radius 2 is 2.20 bits per heavy atom. The smallest absolute Gasteiger partial charge is 0.0843 e. The molecule has 1 aromatic carbocycles. The molecule has 1 aliphatic carbocycles. The second-order valence-corrected chi connectivity index (χ2v) is 4.37. The van der Waals surface area contributed by atoms with Gasteiger partial charge in [0.15, 0.2) is 0 Å². The summed E-state index contributed by atoms with van der Waals surface area (Å²) >= 11 is 0. The lowest BCUT2D eigenvalue weighted by atomic mass is 9.96. The second kappa shape index (κ2) is 3.61. The Morgan fingerprint density at radius 3 is 3.07 bits per heavy atom. The van der Waals surface area contributed by atoms with Crippen LogP contribution in [-0.2, 0) is 6.42 Å². The van der Waals surface area contributed by atoms with E-state index in [1.54, 1.807) is 11.1 Å². The lowest BCUT2D eigenvalue weighted by Gasteiger charge is -2.12. The van der Waals surface area contributed by atoms with Gasteiger partial charge in [-0.2, -0.15) is 0 Å². The normalized spacial score (nSPS) is 22.9. The van der Waals surface area contributed by atoms with Crippen LogP contribution in [-0.4, -0.2) is 6.67 Å². The Balaban J connectivity index is 1.79. The van der Waals surface area contributed by atoms with Gasteiger partial charge in [0.25, 0.3) is 0 Å². The van der Waals surface area contributed by atoms with E-state index in [9.17, 15) is 0 Å². The molecule has 1 aliphatic heterocycles. The molecule has 0 amide bonds. The van der Waals surface area contributed by atoms with E-state index in [0.29, 0.717) is 0 Å². The highest BCUT2D eigenvalue weighted by molar-refractivity contribution is 5.35. The fraction of sp³-hybridized carbons (Fsp3) is 0.385. The number of aryl methyl sites for hydroxylation is 1. The molecule has 2 aliphatic rings. The fourth-order valence-corrected chi connectivity index (χ4v) is 2.64. The van der Waals surface area contributed by atoms with Crippen LogP contribution in [0.15, 0.2) is 36.2 Å². The van der Waals surface area contributed by atoms with E-state index in [-0.39, 0.29) is 0 Å². The second-order valence-electron chi connectivity index (χ2n) is 4.37. The first-order chi connectivity index (χ1) is 7.43. The molecule has 0 unspecified atom stereocenters. The van der Waals surface area contributed by atoms with Gasteiger partial charge < -0.3 is 10.6 Å². The van der Waals surface area contributed by atoms with Crippen LogP contribution in [0, 0.1) is 0 Å². The molecule has 0 fully saturated rings. The summed E-state index contributed by atoms with van der Waals surface area (Å²) in [5.74, 6) is 0.722. The predicted octanol–water partition coefficient (Wildman–Crippen LogP) is 2.10. The van der Waals surface area contributed by atoms with Gasteiger partial charge in [0, 0.05) is 11.9 Å². The highest BCUT2D eigenvalue weighted by Gasteiger charge is 2.23. The zero-order valence-electron chi connectivity index (χ0n) is 8.79. The molecule has 1 aromatic rings. The Hall–Kier alpha value is -1.44. The third kappa shape index (κ3) is 1.60. The number of rotatable bonds is 2. The van der Waals surface area contributed by atoms with Crippen molar-refractivity contribution in [1.29, 1.82) is 0 Å². The lowest BCUT2D eigenvalue weighted by Crippen LogP contribution is -2.15. The van der Waals surface area contributed by atoms with Gasteiger partial charge >= 0.3 is 0 Å². The highest BCUT2D eigenvalue weighted by atomic mass is 15.1. The summed E-state index contributed by atoms with van der Waals surface area (Å²) < 4.78 is 0. The van der Waals surface area contributed by atoms with Crippen molar-refractivity contribution in [2.24, 2.45) is 0 Å². The average Bonchev–Trinajstić information content (AvgIpc) is 2.89. The van der Waals surface area contributed by atoms with Crippen LogP contribution in [0.2, 0.25) is 0 Å². The largest absolute Gasteiger partial charge is 0.372 e. The van der Waals surface area contributed by atoms with Gasteiger partial charge in [-0.15, -0.1) is 0 Å². The van der Waals surface area contributed by atoms with Crippen molar-refractivity contribution in [2.45, 2.75) is 25.2 Å². The first-order valence-corrected chi connectivity index (χ1v) is 5.67. The monoisotopic (exact) mass is 200 g/mol. The Kier molecular flexibility index (Phi) is 2.13. The molecule has 0 bridgehead atoms. The first kappa shape index (κ1) is 8.84. The van der Waals surface area contributed by atoms with E-state index in [4.69, 9.17) is 0 Å². The van der Waals surface area contributed by atoms with Crippen molar-refractivity contribution < 1.29 is 0 Å². The zero-order valence-corrected chi connectivity index (χ0v) is 8.79. The summed E-state index contributed by atoms with van der Waals surface area (Å²) in [6.45, 7) is 0.893. The van der Waals surface area contributed by atoms with E-state index in [2.05, 4.69) is 41.1 Å². The lowest BCUT2D eigenvalue weighted by molar-refractivity contribution is 0.643. The molecule has 2 heteroatoms. The number of hydrogen-bond acceptors (Lipinski definition) is 2. The van der Waals surface area contributed by atoms with Crippen molar-refractivity contribution in [2.75, 3.05) is 6.67 Å². The number of benzene rings is 1. The van der Waals surface area contributed by atoms with Gasteiger partial charge in [-0.1, -0.05) is 24.3 Å². The molecule has 0 radical (unpaired) electrons. The van der Waals surface area contributed by atoms with Crippen LogP contribution in [0.3, 0.4) is 0 Å². The van der Waals surface area contributed by atoms with Crippen molar-refractivity contribution in [3.63, 3.8) is 0 Å². The summed E-state index contributed by atoms with van der Waals surface area (Å²) in [5, 5.41) is 6.56. The third-order valence-corrected chi connectivity index (χ3v) is 3.42. The highest BCUT2D eigenvalue weighted by Crippen LogP contribution is 2.36. The maximum Gasteiger partial charge on any atom is 0.0843 e. The summed E-state index contributed by atoms with van der Waals surface area (Å²) in [6, 6.07) is 8.86. The standard InChI is InChI=1S/C13H16N2/c1-2-4-13-10(3-1)5-6-11(13)7-12-8-14-9-15-12/h1-4,8,11,14-15H,5-7,9H2/t11-/m0/s1. The topological polar surface area (TPSA) is 24.1 Å². The summed E-state index contributed by atoms with van der Waals surface area (Å²) in [6.07, 6.45) is 5.82. The Morgan fingerprint density at radius 1 is 1.27 bits per heavy atom. The quantitative estimate of drug-likeness (QED) is 0.764. The number of allylic oxidation sites excluding steroid dienone is 1. The van der Waals surface area contributed by atoms with E-state index in [1.807, 2.05) is 0 Å². The van der Waals surface area contributed by atoms with E-state index in [0.717, 1.165) is 19.0 Å². The van der Waals surface area contributed by atoms with Crippen LogP contribution in [0.25, 0.3) is 0 Å².